The minimum Gasteiger partial charge on any atom is -0.384 e. The van der Waals surface area contributed by atoms with Gasteiger partial charge in [0.1, 0.15) is 0 Å². The lowest BCUT2D eigenvalue weighted by atomic mass is 10.1. The Morgan fingerprint density at radius 3 is 3.25 bits per heavy atom. The van der Waals surface area contributed by atoms with E-state index in [0.717, 1.165) is 25.9 Å². The number of nitrogens with zero attached hydrogens (tertiary/aromatic N) is 2. The summed E-state index contributed by atoms with van der Waals surface area (Å²) in [4.78, 5) is 4.05. The van der Waals surface area contributed by atoms with Gasteiger partial charge < -0.3 is 9.88 Å². The largest absolute Gasteiger partial charge is 0.384 e. The summed E-state index contributed by atoms with van der Waals surface area (Å²) >= 11 is 0. The van der Waals surface area contributed by atoms with Crippen molar-refractivity contribution in [1.29, 1.82) is 0 Å². The van der Waals surface area contributed by atoms with Gasteiger partial charge in [-0.05, 0) is 30.0 Å². The first-order valence-corrected chi connectivity index (χ1v) is 5.73. The molecule has 82 valence electrons. The van der Waals surface area contributed by atoms with Gasteiger partial charge >= 0.3 is 0 Å². The van der Waals surface area contributed by atoms with Gasteiger partial charge in [-0.15, -0.1) is 0 Å². The molecule has 0 fully saturated rings. The molecule has 0 saturated heterocycles. The number of fused-ring (bicyclic) bond motifs is 1. The van der Waals surface area contributed by atoms with Gasteiger partial charge in [-0.3, -0.25) is 0 Å². The van der Waals surface area contributed by atoms with Crippen LogP contribution in [0.2, 0.25) is 0 Å². The Bertz CT molecular complexity index is 474. The maximum atomic E-state index is 4.05. The average Bonchev–Trinajstić information content (AvgIpc) is 2.97. The van der Waals surface area contributed by atoms with Crippen molar-refractivity contribution < 1.29 is 0 Å². The molecule has 1 N–H and O–H groups in total. The standard InChI is InChI=1S/C13H15N3/c1-2-13-12(3-5-15-13)9-11(1)4-7-16-8-6-14-10-16/h1-2,6,8-10,15H,3-5,7H2. The molecule has 3 heteroatoms. The molecule has 2 heterocycles. The van der Waals surface area contributed by atoms with Crippen molar-refractivity contribution >= 4 is 5.69 Å². The molecule has 1 aromatic carbocycles. The lowest BCUT2D eigenvalue weighted by Crippen LogP contribution is -1.98. The number of benzene rings is 1. The van der Waals surface area contributed by atoms with Crippen molar-refractivity contribution in [1.82, 2.24) is 9.55 Å². The van der Waals surface area contributed by atoms with Gasteiger partial charge in [-0.2, -0.15) is 0 Å². The summed E-state index contributed by atoms with van der Waals surface area (Å²) in [7, 11) is 0. The van der Waals surface area contributed by atoms with E-state index in [2.05, 4.69) is 33.1 Å². The van der Waals surface area contributed by atoms with Gasteiger partial charge in [0.15, 0.2) is 0 Å². The molecule has 3 rings (SSSR count). The third-order valence-corrected chi connectivity index (χ3v) is 3.10. The number of imidazole rings is 1. The minimum absolute atomic E-state index is 1.01. The van der Waals surface area contributed by atoms with Crippen LogP contribution in [0.1, 0.15) is 11.1 Å². The van der Waals surface area contributed by atoms with E-state index in [1.165, 1.54) is 16.8 Å². The fourth-order valence-corrected chi connectivity index (χ4v) is 2.19. The number of hydrogen-bond donors (Lipinski definition) is 1. The van der Waals surface area contributed by atoms with Crippen LogP contribution in [0.4, 0.5) is 5.69 Å². The molecular weight excluding hydrogens is 198 g/mol. The molecule has 1 aliphatic heterocycles. The Morgan fingerprint density at radius 2 is 2.38 bits per heavy atom. The van der Waals surface area contributed by atoms with E-state index in [-0.39, 0.29) is 0 Å². The number of anilines is 1. The molecule has 0 bridgehead atoms. The highest BCUT2D eigenvalue weighted by Gasteiger charge is 2.09. The summed E-state index contributed by atoms with van der Waals surface area (Å²) in [6.45, 7) is 2.09. The number of aromatic nitrogens is 2. The molecule has 0 atom stereocenters. The maximum Gasteiger partial charge on any atom is 0.0946 e. The molecule has 1 aliphatic rings. The molecule has 1 aromatic heterocycles. The van der Waals surface area contributed by atoms with E-state index < -0.39 is 0 Å². The van der Waals surface area contributed by atoms with Gasteiger partial charge in [0.05, 0.1) is 6.33 Å². The number of hydrogen-bond acceptors (Lipinski definition) is 2. The first kappa shape index (κ1) is 9.46. The molecule has 2 aromatic rings. The van der Waals surface area contributed by atoms with Crippen LogP contribution in [0.3, 0.4) is 0 Å². The van der Waals surface area contributed by atoms with Gasteiger partial charge in [0.2, 0.25) is 0 Å². The summed E-state index contributed by atoms with van der Waals surface area (Å²) < 4.78 is 2.12. The van der Waals surface area contributed by atoms with Gasteiger partial charge in [0, 0.05) is 31.2 Å². The number of nitrogens with one attached hydrogen (secondary N) is 1. The molecule has 0 aliphatic carbocycles. The number of aryl methyl sites for hydroxylation is 2. The van der Waals surface area contributed by atoms with Crippen molar-refractivity contribution in [2.75, 3.05) is 11.9 Å². The van der Waals surface area contributed by atoms with Crippen LogP contribution in [0.5, 0.6) is 0 Å². The Morgan fingerprint density at radius 1 is 1.38 bits per heavy atom. The SMILES string of the molecule is c1cn(CCc2ccc3c(c2)CCN3)cn1. The topological polar surface area (TPSA) is 29.9 Å². The van der Waals surface area contributed by atoms with Crippen LogP contribution < -0.4 is 5.32 Å². The summed E-state index contributed by atoms with van der Waals surface area (Å²) in [5.74, 6) is 0. The Hall–Kier alpha value is -1.77. The molecule has 0 radical (unpaired) electrons. The Labute approximate surface area is 95.1 Å². The van der Waals surface area contributed by atoms with Crippen LogP contribution in [0.15, 0.2) is 36.9 Å². The normalized spacial score (nSPS) is 13.5. The van der Waals surface area contributed by atoms with E-state index in [1.54, 1.807) is 0 Å². The van der Waals surface area contributed by atoms with Gasteiger partial charge in [-0.25, -0.2) is 4.98 Å². The second kappa shape index (κ2) is 4.00. The van der Waals surface area contributed by atoms with Crippen molar-refractivity contribution in [3.05, 3.63) is 48.0 Å². The quantitative estimate of drug-likeness (QED) is 0.846. The molecule has 16 heavy (non-hydrogen) atoms. The second-order valence-corrected chi connectivity index (χ2v) is 4.22. The van der Waals surface area contributed by atoms with E-state index in [9.17, 15) is 0 Å². The highest BCUT2D eigenvalue weighted by molar-refractivity contribution is 5.56. The molecule has 0 spiro atoms. The van der Waals surface area contributed by atoms with Crippen molar-refractivity contribution in [2.24, 2.45) is 0 Å². The van der Waals surface area contributed by atoms with Crippen LogP contribution in [0, 0.1) is 0 Å². The first-order valence-electron chi connectivity index (χ1n) is 5.73. The van der Waals surface area contributed by atoms with Crippen LogP contribution in [0.25, 0.3) is 0 Å². The van der Waals surface area contributed by atoms with Gasteiger partial charge in [0.25, 0.3) is 0 Å². The smallest absolute Gasteiger partial charge is 0.0946 e. The lowest BCUT2D eigenvalue weighted by molar-refractivity contribution is 0.695. The second-order valence-electron chi connectivity index (χ2n) is 4.22. The summed E-state index contributed by atoms with van der Waals surface area (Å²) in [6, 6.07) is 6.74. The monoisotopic (exact) mass is 213 g/mol. The molecule has 0 unspecified atom stereocenters. The van der Waals surface area contributed by atoms with Crippen LogP contribution in [-0.4, -0.2) is 16.1 Å². The first-order chi connectivity index (χ1) is 7.92. The van der Waals surface area contributed by atoms with Gasteiger partial charge in [-0.1, -0.05) is 12.1 Å². The molecule has 0 amide bonds. The van der Waals surface area contributed by atoms with E-state index in [4.69, 9.17) is 0 Å². The third kappa shape index (κ3) is 1.81. The van der Waals surface area contributed by atoms with E-state index in [1.807, 2.05) is 18.7 Å². The average molecular weight is 213 g/mol. The fourth-order valence-electron chi connectivity index (χ4n) is 2.19. The maximum absolute atomic E-state index is 4.05. The highest BCUT2D eigenvalue weighted by atomic mass is 15.0. The summed E-state index contributed by atoms with van der Waals surface area (Å²) in [6.07, 6.45) is 7.94. The predicted molar refractivity (Wildman–Crippen MR) is 64.6 cm³/mol. The minimum atomic E-state index is 1.01. The van der Waals surface area contributed by atoms with E-state index >= 15 is 0 Å². The zero-order valence-electron chi connectivity index (χ0n) is 9.19. The van der Waals surface area contributed by atoms with Crippen LogP contribution >= 0.6 is 0 Å². The highest BCUT2D eigenvalue weighted by Crippen LogP contribution is 2.23. The van der Waals surface area contributed by atoms with Crippen molar-refractivity contribution in [3.63, 3.8) is 0 Å². The number of rotatable bonds is 3. The fraction of sp³-hybridized carbons (Fsp3) is 0.308. The predicted octanol–water partition coefficient (Wildman–Crippen LogP) is 2.09. The Balaban J connectivity index is 1.71. The summed E-state index contributed by atoms with van der Waals surface area (Å²) in [5, 5.41) is 3.38. The van der Waals surface area contributed by atoms with Crippen molar-refractivity contribution in [3.8, 4) is 0 Å². The lowest BCUT2D eigenvalue weighted by Gasteiger charge is -2.05. The zero-order valence-corrected chi connectivity index (χ0v) is 9.19. The van der Waals surface area contributed by atoms with E-state index in [0.29, 0.717) is 0 Å². The molecular formula is C13H15N3. The van der Waals surface area contributed by atoms with Crippen molar-refractivity contribution in [2.45, 2.75) is 19.4 Å². The molecule has 3 nitrogen and oxygen atoms in total. The third-order valence-electron chi connectivity index (χ3n) is 3.10. The van der Waals surface area contributed by atoms with Crippen LogP contribution in [-0.2, 0) is 19.4 Å². The molecule has 0 saturated carbocycles. The zero-order chi connectivity index (χ0) is 10.8. The Kier molecular flexibility index (Phi) is 2.37. The summed E-state index contributed by atoms with van der Waals surface area (Å²) in [5.41, 5.74) is 4.19.